The van der Waals surface area contributed by atoms with E-state index in [0.717, 1.165) is 5.69 Å². The Morgan fingerprint density at radius 1 is 1.33 bits per heavy atom. The number of amides is 1. The van der Waals surface area contributed by atoms with Crippen molar-refractivity contribution in [2.75, 3.05) is 0 Å². The van der Waals surface area contributed by atoms with Crippen molar-refractivity contribution in [3.05, 3.63) is 29.2 Å². The van der Waals surface area contributed by atoms with E-state index in [-0.39, 0.29) is 5.91 Å². The van der Waals surface area contributed by atoms with Gasteiger partial charge >= 0.3 is 5.97 Å². The number of aromatic nitrogens is 3. The number of carbonyl (C=O) groups is 2. The molecule has 21 heavy (non-hydrogen) atoms. The summed E-state index contributed by atoms with van der Waals surface area (Å²) < 4.78 is 1.61. The smallest absolute Gasteiger partial charge is 0.308 e. The predicted molar refractivity (Wildman–Crippen MR) is 76.2 cm³/mol. The first kappa shape index (κ1) is 15.0. The minimum Gasteiger partial charge on any atom is -0.481 e. The summed E-state index contributed by atoms with van der Waals surface area (Å²) in [4.78, 5) is 27.4. The van der Waals surface area contributed by atoms with Gasteiger partial charge in [-0.25, -0.2) is 9.50 Å². The quantitative estimate of drug-likeness (QED) is 0.881. The van der Waals surface area contributed by atoms with Crippen LogP contribution >= 0.6 is 0 Å². The molecule has 112 valence electrons. The van der Waals surface area contributed by atoms with E-state index in [1.165, 1.54) is 6.20 Å². The molecule has 0 aliphatic carbocycles. The molecular formula is C14H18N4O3. The third-order valence-corrected chi connectivity index (χ3v) is 3.59. The number of hydrogen-bond donors (Lipinski definition) is 2. The van der Waals surface area contributed by atoms with Crippen molar-refractivity contribution in [3.8, 4) is 0 Å². The number of aryl methyl sites for hydroxylation is 2. The van der Waals surface area contributed by atoms with Crippen molar-refractivity contribution in [2.45, 2.75) is 33.7 Å². The molecule has 0 aromatic carbocycles. The molecular weight excluding hydrogens is 272 g/mol. The Kier molecular flexibility index (Phi) is 3.93. The molecule has 0 spiro atoms. The van der Waals surface area contributed by atoms with Crippen molar-refractivity contribution in [1.82, 2.24) is 19.9 Å². The largest absolute Gasteiger partial charge is 0.481 e. The topological polar surface area (TPSA) is 96.6 Å². The van der Waals surface area contributed by atoms with Crippen molar-refractivity contribution >= 4 is 17.5 Å². The summed E-state index contributed by atoms with van der Waals surface area (Å²) >= 11 is 0. The van der Waals surface area contributed by atoms with Crippen LogP contribution in [0.25, 0.3) is 5.65 Å². The van der Waals surface area contributed by atoms with Gasteiger partial charge in [0.25, 0.3) is 5.91 Å². The van der Waals surface area contributed by atoms with E-state index < -0.39 is 17.9 Å². The van der Waals surface area contributed by atoms with Crippen LogP contribution in [0.15, 0.2) is 12.3 Å². The number of nitrogens with zero attached hydrogens (tertiary/aromatic N) is 3. The maximum atomic E-state index is 12.3. The van der Waals surface area contributed by atoms with Crippen LogP contribution in [0.1, 0.15) is 35.6 Å². The summed E-state index contributed by atoms with van der Waals surface area (Å²) in [7, 11) is 0. The second-order valence-electron chi connectivity index (χ2n) is 5.20. The Morgan fingerprint density at radius 3 is 2.62 bits per heavy atom. The Bertz CT molecular complexity index is 708. The van der Waals surface area contributed by atoms with Crippen molar-refractivity contribution < 1.29 is 14.7 Å². The Labute approximate surface area is 122 Å². The standard InChI is InChI=1S/C14H18N4O3/c1-7-5-12-15-6-11(10(4)18(12)17-7)13(19)16-9(3)8(2)14(20)21/h5-6,8-9H,1-4H3,(H,16,19)(H,20,21). The Morgan fingerprint density at radius 2 is 2.00 bits per heavy atom. The second kappa shape index (κ2) is 5.51. The van der Waals surface area contributed by atoms with Crippen LogP contribution in [0, 0.1) is 19.8 Å². The average molecular weight is 290 g/mol. The zero-order valence-corrected chi connectivity index (χ0v) is 12.4. The van der Waals surface area contributed by atoms with Gasteiger partial charge < -0.3 is 10.4 Å². The molecule has 0 fully saturated rings. The summed E-state index contributed by atoms with van der Waals surface area (Å²) in [5.74, 6) is -1.97. The number of carboxylic acid groups (broad SMARTS) is 1. The van der Waals surface area contributed by atoms with Gasteiger partial charge in [-0.15, -0.1) is 0 Å². The van der Waals surface area contributed by atoms with Gasteiger partial charge in [-0.2, -0.15) is 5.10 Å². The zero-order valence-electron chi connectivity index (χ0n) is 12.4. The van der Waals surface area contributed by atoms with Crippen molar-refractivity contribution in [3.63, 3.8) is 0 Å². The van der Waals surface area contributed by atoms with E-state index in [0.29, 0.717) is 16.9 Å². The number of carbonyl (C=O) groups excluding carboxylic acids is 1. The van der Waals surface area contributed by atoms with Gasteiger partial charge in [0.1, 0.15) is 0 Å². The lowest BCUT2D eigenvalue weighted by molar-refractivity contribution is -0.141. The van der Waals surface area contributed by atoms with E-state index in [1.807, 2.05) is 13.0 Å². The second-order valence-corrected chi connectivity index (χ2v) is 5.20. The zero-order chi connectivity index (χ0) is 15.7. The highest BCUT2D eigenvalue weighted by Crippen LogP contribution is 2.12. The van der Waals surface area contributed by atoms with Gasteiger partial charge in [0.15, 0.2) is 5.65 Å². The number of carboxylic acids is 1. The van der Waals surface area contributed by atoms with E-state index in [9.17, 15) is 9.59 Å². The Balaban J connectivity index is 2.27. The van der Waals surface area contributed by atoms with Gasteiger partial charge in [0.2, 0.25) is 0 Å². The lowest BCUT2D eigenvalue weighted by Crippen LogP contribution is -2.40. The third-order valence-electron chi connectivity index (χ3n) is 3.59. The minimum atomic E-state index is -0.948. The molecule has 0 radical (unpaired) electrons. The molecule has 2 aromatic rings. The molecule has 7 nitrogen and oxygen atoms in total. The average Bonchev–Trinajstić information content (AvgIpc) is 2.79. The summed E-state index contributed by atoms with van der Waals surface area (Å²) in [5.41, 5.74) is 2.54. The van der Waals surface area contributed by atoms with Crippen molar-refractivity contribution in [2.24, 2.45) is 5.92 Å². The summed E-state index contributed by atoms with van der Waals surface area (Å²) in [5, 5.41) is 15.9. The molecule has 2 rings (SSSR count). The van der Waals surface area contributed by atoms with E-state index in [1.54, 1.807) is 25.3 Å². The molecule has 1 amide bonds. The predicted octanol–water partition coefficient (Wildman–Crippen LogP) is 1.19. The normalized spacial score (nSPS) is 13.9. The van der Waals surface area contributed by atoms with Gasteiger partial charge in [0, 0.05) is 18.3 Å². The van der Waals surface area contributed by atoms with E-state index in [2.05, 4.69) is 15.4 Å². The molecule has 0 saturated heterocycles. The lowest BCUT2D eigenvalue weighted by Gasteiger charge is -2.18. The van der Waals surface area contributed by atoms with E-state index >= 15 is 0 Å². The highest BCUT2D eigenvalue weighted by molar-refractivity contribution is 5.95. The van der Waals surface area contributed by atoms with Crippen LogP contribution in [0.2, 0.25) is 0 Å². The van der Waals surface area contributed by atoms with Crippen LogP contribution in [0.4, 0.5) is 0 Å². The SMILES string of the molecule is Cc1cc2ncc(C(=O)NC(C)C(C)C(=O)O)c(C)n2n1. The molecule has 2 N–H and O–H groups in total. The van der Waals surface area contributed by atoms with Crippen LogP contribution in [-0.4, -0.2) is 37.6 Å². The number of fused-ring (bicyclic) bond motifs is 1. The molecule has 2 aromatic heterocycles. The Hall–Kier alpha value is -2.44. The van der Waals surface area contributed by atoms with Crippen molar-refractivity contribution in [1.29, 1.82) is 0 Å². The highest BCUT2D eigenvalue weighted by Gasteiger charge is 2.23. The fourth-order valence-electron chi connectivity index (χ4n) is 2.01. The number of aliphatic carboxylic acids is 1. The first-order valence-electron chi connectivity index (χ1n) is 6.67. The van der Waals surface area contributed by atoms with E-state index in [4.69, 9.17) is 5.11 Å². The highest BCUT2D eigenvalue weighted by atomic mass is 16.4. The van der Waals surface area contributed by atoms with Crippen LogP contribution < -0.4 is 5.32 Å². The summed E-state index contributed by atoms with van der Waals surface area (Å²) in [6, 6.07) is 1.34. The molecule has 0 aliphatic rings. The molecule has 0 aliphatic heterocycles. The number of rotatable bonds is 4. The molecule has 2 atom stereocenters. The molecule has 0 bridgehead atoms. The van der Waals surface area contributed by atoms with Crippen LogP contribution in [-0.2, 0) is 4.79 Å². The van der Waals surface area contributed by atoms with Crippen LogP contribution in [0.3, 0.4) is 0 Å². The van der Waals surface area contributed by atoms with Gasteiger partial charge in [0.05, 0.1) is 22.9 Å². The summed E-state index contributed by atoms with van der Waals surface area (Å²) in [6.45, 7) is 6.85. The molecule has 2 unspecified atom stereocenters. The van der Waals surface area contributed by atoms with Gasteiger partial charge in [-0.3, -0.25) is 9.59 Å². The first-order valence-corrected chi connectivity index (χ1v) is 6.67. The number of hydrogen-bond acceptors (Lipinski definition) is 4. The fraction of sp³-hybridized carbons (Fsp3) is 0.429. The molecule has 0 saturated carbocycles. The first-order chi connectivity index (χ1) is 9.81. The summed E-state index contributed by atoms with van der Waals surface area (Å²) in [6.07, 6.45) is 1.49. The number of nitrogens with one attached hydrogen (secondary N) is 1. The monoisotopic (exact) mass is 290 g/mol. The van der Waals surface area contributed by atoms with Crippen LogP contribution in [0.5, 0.6) is 0 Å². The van der Waals surface area contributed by atoms with Gasteiger partial charge in [-0.05, 0) is 27.7 Å². The van der Waals surface area contributed by atoms with Gasteiger partial charge in [-0.1, -0.05) is 0 Å². The lowest BCUT2D eigenvalue weighted by atomic mass is 10.0. The molecule has 2 heterocycles. The maximum Gasteiger partial charge on any atom is 0.308 e. The minimum absolute atomic E-state index is 0.351. The molecule has 7 heteroatoms. The maximum absolute atomic E-state index is 12.3. The third kappa shape index (κ3) is 2.86. The fourth-order valence-corrected chi connectivity index (χ4v) is 2.01.